The maximum atomic E-state index is 12.0. The third-order valence-corrected chi connectivity index (χ3v) is 3.04. The summed E-state index contributed by atoms with van der Waals surface area (Å²) in [7, 11) is 2.88. The molecule has 1 amide bonds. The summed E-state index contributed by atoms with van der Waals surface area (Å²) >= 11 is 0. The molecule has 0 saturated heterocycles. The minimum absolute atomic E-state index is 0.128. The summed E-state index contributed by atoms with van der Waals surface area (Å²) in [5, 5.41) is 2.68. The van der Waals surface area contributed by atoms with Gasteiger partial charge in [-0.2, -0.15) is 0 Å². The lowest BCUT2D eigenvalue weighted by Gasteiger charge is -2.21. The minimum Gasteiger partial charge on any atom is -0.497 e. The van der Waals surface area contributed by atoms with Crippen molar-refractivity contribution in [1.29, 1.82) is 0 Å². The smallest absolute Gasteiger partial charge is 0.328 e. The van der Waals surface area contributed by atoms with Gasteiger partial charge in [0.25, 0.3) is 0 Å². The summed E-state index contributed by atoms with van der Waals surface area (Å²) in [4.78, 5) is 23.8. The first-order chi connectivity index (χ1) is 10.2. The zero-order valence-corrected chi connectivity index (χ0v) is 13.5. The SMILES string of the molecule is COC(=O)[C@H](Cc1ccc(OC)cc1)NC(=O)CC(C)(C)N. The highest BCUT2D eigenvalue weighted by atomic mass is 16.5. The quantitative estimate of drug-likeness (QED) is 0.734. The number of hydrogen-bond acceptors (Lipinski definition) is 5. The van der Waals surface area contributed by atoms with Gasteiger partial charge in [-0.15, -0.1) is 0 Å². The summed E-state index contributed by atoms with van der Waals surface area (Å²) in [6, 6.07) is 6.54. The van der Waals surface area contributed by atoms with Gasteiger partial charge in [-0.05, 0) is 31.5 Å². The summed E-state index contributed by atoms with van der Waals surface area (Å²) in [5.41, 5.74) is 6.07. The van der Waals surface area contributed by atoms with Crippen LogP contribution in [0.1, 0.15) is 25.8 Å². The molecule has 0 aliphatic rings. The van der Waals surface area contributed by atoms with Crippen molar-refractivity contribution in [3.8, 4) is 5.75 Å². The summed E-state index contributed by atoms with van der Waals surface area (Å²) in [5.74, 6) is -0.0392. The summed E-state index contributed by atoms with van der Waals surface area (Å²) < 4.78 is 9.84. The monoisotopic (exact) mass is 308 g/mol. The van der Waals surface area contributed by atoms with Gasteiger partial charge >= 0.3 is 5.97 Å². The van der Waals surface area contributed by atoms with Crippen LogP contribution in [0.15, 0.2) is 24.3 Å². The fourth-order valence-corrected chi connectivity index (χ4v) is 1.99. The third-order valence-electron chi connectivity index (χ3n) is 3.04. The molecule has 0 saturated carbocycles. The molecule has 0 bridgehead atoms. The van der Waals surface area contributed by atoms with Crippen LogP contribution in [0, 0.1) is 0 Å². The normalized spacial score (nSPS) is 12.4. The molecule has 3 N–H and O–H groups in total. The number of rotatable bonds is 7. The highest BCUT2D eigenvalue weighted by molar-refractivity contribution is 5.85. The van der Waals surface area contributed by atoms with Gasteiger partial charge in [-0.25, -0.2) is 4.79 Å². The first-order valence-electron chi connectivity index (χ1n) is 7.04. The van der Waals surface area contributed by atoms with Gasteiger partial charge in [0.05, 0.1) is 14.2 Å². The van der Waals surface area contributed by atoms with Gasteiger partial charge in [0.1, 0.15) is 11.8 Å². The molecule has 0 fully saturated rings. The van der Waals surface area contributed by atoms with Crippen molar-refractivity contribution in [3.05, 3.63) is 29.8 Å². The van der Waals surface area contributed by atoms with Crippen LogP contribution in [0.25, 0.3) is 0 Å². The molecular weight excluding hydrogens is 284 g/mol. The lowest BCUT2D eigenvalue weighted by atomic mass is 10.0. The van der Waals surface area contributed by atoms with Gasteiger partial charge in [-0.1, -0.05) is 12.1 Å². The highest BCUT2D eigenvalue weighted by Crippen LogP contribution is 2.13. The molecule has 22 heavy (non-hydrogen) atoms. The summed E-state index contributed by atoms with van der Waals surface area (Å²) in [6.45, 7) is 3.51. The van der Waals surface area contributed by atoms with Crippen molar-refractivity contribution in [2.24, 2.45) is 5.73 Å². The molecule has 0 aliphatic carbocycles. The number of esters is 1. The van der Waals surface area contributed by atoms with Crippen molar-refractivity contribution in [2.75, 3.05) is 14.2 Å². The van der Waals surface area contributed by atoms with Crippen LogP contribution in [-0.4, -0.2) is 37.7 Å². The van der Waals surface area contributed by atoms with E-state index in [4.69, 9.17) is 15.2 Å². The average molecular weight is 308 g/mol. The molecule has 0 aromatic heterocycles. The van der Waals surface area contributed by atoms with Crippen LogP contribution in [-0.2, 0) is 20.7 Å². The zero-order valence-electron chi connectivity index (χ0n) is 13.5. The molecule has 0 spiro atoms. The fraction of sp³-hybridized carbons (Fsp3) is 0.500. The average Bonchev–Trinajstić information content (AvgIpc) is 2.44. The highest BCUT2D eigenvalue weighted by Gasteiger charge is 2.24. The Balaban J connectivity index is 2.75. The fourth-order valence-electron chi connectivity index (χ4n) is 1.99. The molecule has 6 nitrogen and oxygen atoms in total. The van der Waals surface area contributed by atoms with Crippen LogP contribution >= 0.6 is 0 Å². The van der Waals surface area contributed by atoms with E-state index in [1.807, 2.05) is 12.1 Å². The number of benzene rings is 1. The lowest BCUT2D eigenvalue weighted by molar-refractivity contribution is -0.145. The predicted octanol–water partition coefficient (Wildman–Crippen LogP) is 1.02. The topological polar surface area (TPSA) is 90.6 Å². The van der Waals surface area contributed by atoms with E-state index in [9.17, 15) is 9.59 Å². The number of amides is 1. The maximum absolute atomic E-state index is 12.0. The largest absolute Gasteiger partial charge is 0.497 e. The summed E-state index contributed by atoms with van der Waals surface area (Å²) in [6.07, 6.45) is 0.469. The lowest BCUT2D eigenvalue weighted by Crippen LogP contribution is -2.46. The van der Waals surface area contributed by atoms with Crippen LogP contribution < -0.4 is 15.8 Å². The van der Waals surface area contributed by atoms with Crippen LogP contribution in [0.5, 0.6) is 5.75 Å². The van der Waals surface area contributed by atoms with E-state index >= 15 is 0 Å². The molecule has 6 heteroatoms. The molecule has 1 aromatic rings. The molecule has 0 radical (unpaired) electrons. The first kappa shape index (κ1) is 18.0. The van der Waals surface area contributed by atoms with Crippen molar-refractivity contribution in [2.45, 2.75) is 38.3 Å². The Labute approximate surface area is 131 Å². The Hall–Kier alpha value is -2.08. The zero-order chi connectivity index (χ0) is 16.8. The number of carbonyl (C=O) groups is 2. The van der Waals surface area contributed by atoms with Gasteiger partial charge in [0.15, 0.2) is 0 Å². The van der Waals surface area contributed by atoms with Gasteiger partial charge in [0.2, 0.25) is 5.91 Å². The molecule has 1 atom stereocenters. The van der Waals surface area contributed by atoms with Crippen molar-refractivity contribution in [3.63, 3.8) is 0 Å². The van der Waals surface area contributed by atoms with Crippen molar-refractivity contribution >= 4 is 11.9 Å². The maximum Gasteiger partial charge on any atom is 0.328 e. The molecule has 1 rings (SSSR count). The number of ether oxygens (including phenoxy) is 2. The van der Waals surface area contributed by atoms with Crippen molar-refractivity contribution < 1.29 is 19.1 Å². The van der Waals surface area contributed by atoms with E-state index in [2.05, 4.69) is 5.32 Å². The van der Waals surface area contributed by atoms with E-state index in [-0.39, 0.29) is 12.3 Å². The molecule has 0 heterocycles. The van der Waals surface area contributed by atoms with Crippen LogP contribution in [0.2, 0.25) is 0 Å². The second-order valence-electron chi connectivity index (χ2n) is 5.86. The van der Waals surface area contributed by atoms with E-state index in [1.54, 1.807) is 33.1 Å². The Morgan fingerprint density at radius 2 is 1.82 bits per heavy atom. The van der Waals surface area contributed by atoms with Gasteiger partial charge < -0.3 is 20.5 Å². The number of carbonyl (C=O) groups excluding carboxylic acids is 2. The number of nitrogens with one attached hydrogen (secondary N) is 1. The van der Waals surface area contributed by atoms with Crippen molar-refractivity contribution in [1.82, 2.24) is 5.32 Å². The molecule has 122 valence electrons. The van der Waals surface area contributed by atoms with Crippen LogP contribution in [0.3, 0.4) is 0 Å². The molecular formula is C16H24N2O4. The van der Waals surface area contributed by atoms with Crippen LogP contribution in [0.4, 0.5) is 0 Å². The van der Waals surface area contributed by atoms with E-state index < -0.39 is 17.6 Å². The third kappa shape index (κ3) is 6.13. The Morgan fingerprint density at radius 1 is 1.23 bits per heavy atom. The number of methoxy groups -OCH3 is 2. The Kier molecular flexibility index (Phi) is 6.37. The van der Waals surface area contributed by atoms with E-state index in [0.29, 0.717) is 6.42 Å². The Bertz CT molecular complexity index is 506. The molecule has 0 aliphatic heterocycles. The second-order valence-corrected chi connectivity index (χ2v) is 5.86. The Morgan fingerprint density at radius 3 is 2.27 bits per heavy atom. The molecule has 1 aromatic carbocycles. The van der Waals surface area contributed by atoms with E-state index in [0.717, 1.165) is 11.3 Å². The minimum atomic E-state index is -0.742. The van der Waals surface area contributed by atoms with Gasteiger partial charge in [0, 0.05) is 18.4 Å². The first-order valence-corrected chi connectivity index (χ1v) is 7.04. The number of nitrogens with two attached hydrogens (primary N) is 1. The molecule has 0 unspecified atom stereocenters. The standard InChI is InChI=1S/C16H24N2O4/c1-16(2,17)10-14(19)18-13(15(20)22-4)9-11-5-7-12(21-3)8-6-11/h5-8,13H,9-10,17H2,1-4H3,(H,18,19)/t13-/m0/s1. The van der Waals surface area contributed by atoms with Gasteiger partial charge in [-0.3, -0.25) is 4.79 Å². The number of hydrogen-bond donors (Lipinski definition) is 2. The second kappa shape index (κ2) is 7.79. The van der Waals surface area contributed by atoms with E-state index in [1.165, 1.54) is 7.11 Å². The predicted molar refractivity (Wildman–Crippen MR) is 83.5 cm³/mol.